The number of benzene rings is 1. The van der Waals surface area contributed by atoms with Gasteiger partial charge in [0.05, 0.1) is 11.7 Å². The maximum Gasteiger partial charge on any atom is 0.253 e. The summed E-state index contributed by atoms with van der Waals surface area (Å²) in [4.78, 5) is 19.8. The largest absolute Gasteiger partial charge is 0.363 e. The highest BCUT2D eigenvalue weighted by Crippen LogP contribution is 2.24. The van der Waals surface area contributed by atoms with Gasteiger partial charge in [0, 0.05) is 46.5 Å². The van der Waals surface area contributed by atoms with Crippen molar-refractivity contribution in [1.82, 2.24) is 19.7 Å². The summed E-state index contributed by atoms with van der Waals surface area (Å²) in [6.07, 6.45) is 3.49. The number of fused-ring (bicyclic) bond motifs is 1. The molecule has 1 atom stereocenters. The Bertz CT molecular complexity index is 1180. The van der Waals surface area contributed by atoms with E-state index in [1.54, 1.807) is 29.2 Å². The summed E-state index contributed by atoms with van der Waals surface area (Å²) in [7, 11) is 1.89. The van der Waals surface area contributed by atoms with Crippen molar-refractivity contribution in [3.63, 3.8) is 0 Å². The molecule has 136 valence electrons. The molecule has 1 aromatic carbocycles. The number of halogens is 1. The van der Waals surface area contributed by atoms with Crippen molar-refractivity contribution >= 4 is 28.3 Å². The third-order valence-corrected chi connectivity index (χ3v) is 4.78. The van der Waals surface area contributed by atoms with E-state index >= 15 is 0 Å². The van der Waals surface area contributed by atoms with Gasteiger partial charge >= 0.3 is 0 Å². The first kappa shape index (κ1) is 17.3. The third kappa shape index (κ3) is 3.44. The van der Waals surface area contributed by atoms with E-state index in [1.807, 2.05) is 44.3 Å². The molecule has 7 heteroatoms. The van der Waals surface area contributed by atoms with E-state index in [-0.39, 0.29) is 11.6 Å². The Hall–Kier alpha value is -3.12. The molecule has 6 nitrogen and oxygen atoms in total. The minimum Gasteiger partial charge on any atom is -0.363 e. The Morgan fingerprint density at radius 1 is 1.15 bits per heavy atom. The van der Waals surface area contributed by atoms with E-state index in [2.05, 4.69) is 20.4 Å². The summed E-state index contributed by atoms with van der Waals surface area (Å²) >= 11 is 6.07. The van der Waals surface area contributed by atoms with Gasteiger partial charge in [0.1, 0.15) is 5.82 Å². The molecule has 0 saturated heterocycles. The number of hydrogen-bond donors (Lipinski definition) is 2. The van der Waals surface area contributed by atoms with Gasteiger partial charge in [-0.3, -0.25) is 9.48 Å². The van der Waals surface area contributed by atoms with Gasteiger partial charge in [-0.25, -0.2) is 4.98 Å². The zero-order valence-corrected chi connectivity index (χ0v) is 15.7. The zero-order chi connectivity index (χ0) is 19.0. The highest BCUT2D eigenvalue weighted by atomic mass is 35.5. The number of aromatic amines is 1. The van der Waals surface area contributed by atoms with Crippen LogP contribution in [0.1, 0.15) is 18.5 Å². The molecule has 4 rings (SSSR count). The van der Waals surface area contributed by atoms with E-state index in [0.717, 1.165) is 22.2 Å². The maximum atomic E-state index is 12.5. The quantitative estimate of drug-likeness (QED) is 0.558. The summed E-state index contributed by atoms with van der Waals surface area (Å²) in [5.41, 5.74) is 3.24. The van der Waals surface area contributed by atoms with Crippen molar-refractivity contribution in [3.8, 4) is 11.3 Å². The Morgan fingerprint density at radius 3 is 2.78 bits per heavy atom. The van der Waals surface area contributed by atoms with Gasteiger partial charge in [-0.2, -0.15) is 5.10 Å². The lowest BCUT2D eigenvalue weighted by atomic mass is 10.1. The van der Waals surface area contributed by atoms with Gasteiger partial charge in [-0.15, -0.1) is 0 Å². The fourth-order valence-corrected chi connectivity index (χ4v) is 3.32. The number of nitrogens with one attached hydrogen (secondary N) is 2. The van der Waals surface area contributed by atoms with Crippen LogP contribution in [0.3, 0.4) is 0 Å². The number of H-pyrrole nitrogens is 1. The first-order chi connectivity index (χ1) is 13.0. The lowest BCUT2D eigenvalue weighted by Gasteiger charge is -2.15. The normalized spacial score (nSPS) is 12.3. The lowest BCUT2D eigenvalue weighted by molar-refractivity contribution is 0.775. The second-order valence-electron chi connectivity index (χ2n) is 6.42. The fourth-order valence-electron chi connectivity index (χ4n) is 3.14. The number of anilines is 1. The van der Waals surface area contributed by atoms with Crippen LogP contribution in [0.4, 0.5) is 5.82 Å². The van der Waals surface area contributed by atoms with Crippen LogP contribution in [0, 0.1) is 0 Å². The number of rotatable bonds is 4. The highest BCUT2D eigenvalue weighted by Gasteiger charge is 2.13. The van der Waals surface area contributed by atoms with E-state index in [0.29, 0.717) is 16.4 Å². The van der Waals surface area contributed by atoms with Gasteiger partial charge in [-0.05, 0) is 49.4 Å². The van der Waals surface area contributed by atoms with Gasteiger partial charge in [0.15, 0.2) is 0 Å². The van der Waals surface area contributed by atoms with Gasteiger partial charge in [0.25, 0.3) is 5.56 Å². The smallest absolute Gasteiger partial charge is 0.253 e. The molecule has 0 aliphatic heterocycles. The molecule has 0 unspecified atom stereocenters. The first-order valence-electron chi connectivity index (χ1n) is 8.55. The van der Waals surface area contributed by atoms with Gasteiger partial charge < -0.3 is 10.3 Å². The van der Waals surface area contributed by atoms with Gasteiger partial charge in [-0.1, -0.05) is 11.6 Å². The maximum absolute atomic E-state index is 12.5. The summed E-state index contributed by atoms with van der Waals surface area (Å²) in [5, 5.41) is 9.03. The molecule has 2 N–H and O–H groups in total. The molecule has 0 fully saturated rings. The fraction of sp³-hybridized carbons (Fsp3) is 0.150. The van der Waals surface area contributed by atoms with Crippen LogP contribution < -0.4 is 10.9 Å². The molecule has 0 amide bonds. The monoisotopic (exact) mass is 379 g/mol. The molecule has 0 spiro atoms. The number of aryl methyl sites for hydroxylation is 1. The molecular formula is C20H18ClN5O. The van der Waals surface area contributed by atoms with Crippen LogP contribution in [0.2, 0.25) is 5.02 Å². The molecule has 0 radical (unpaired) electrons. The second kappa shape index (κ2) is 6.89. The van der Waals surface area contributed by atoms with E-state index in [1.165, 1.54) is 0 Å². The van der Waals surface area contributed by atoms with Crippen molar-refractivity contribution < 1.29 is 0 Å². The Morgan fingerprint density at radius 2 is 2.00 bits per heavy atom. The summed E-state index contributed by atoms with van der Waals surface area (Å²) in [6, 6.07) is 12.9. The Kier molecular flexibility index (Phi) is 4.41. The summed E-state index contributed by atoms with van der Waals surface area (Å²) < 4.78 is 1.81. The lowest BCUT2D eigenvalue weighted by Crippen LogP contribution is -2.19. The molecule has 0 aliphatic rings. The van der Waals surface area contributed by atoms with Crippen molar-refractivity contribution in [2.75, 3.05) is 5.32 Å². The van der Waals surface area contributed by atoms with Crippen molar-refractivity contribution in [2.45, 2.75) is 13.0 Å². The topological polar surface area (TPSA) is 75.6 Å². The van der Waals surface area contributed by atoms with Crippen molar-refractivity contribution in [1.29, 1.82) is 0 Å². The minimum absolute atomic E-state index is 0.132. The molecule has 4 aromatic rings. The van der Waals surface area contributed by atoms with Crippen LogP contribution in [0.25, 0.3) is 22.2 Å². The molecule has 3 aromatic heterocycles. The Labute approximate surface area is 160 Å². The molecule has 27 heavy (non-hydrogen) atoms. The van der Waals surface area contributed by atoms with Crippen molar-refractivity contribution in [2.24, 2.45) is 7.05 Å². The number of nitrogens with zero attached hydrogens (tertiary/aromatic N) is 3. The SMILES string of the molecule is C[C@H](Nc1cc(-c2ccnn2C)ccn1)c1cc2cc(Cl)ccc2[nH]c1=O. The van der Waals surface area contributed by atoms with Crippen LogP contribution in [-0.2, 0) is 7.05 Å². The first-order valence-corrected chi connectivity index (χ1v) is 8.92. The predicted octanol–water partition coefficient (Wildman–Crippen LogP) is 4.15. The standard InChI is InChI=1S/C20H18ClN5O/c1-12(16-10-14-9-15(21)3-4-17(14)25-20(16)27)24-19-11-13(5-7-22-19)18-6-8-23-26(18)2/h3-12H,1-2H3,(H,22,24)(H,25,27)/t12-/m0/s1. The van der Waals surface area contributed by atoms with Crippen LogP contribution >= 0.6 is 11.6 Å². The predicted molar refractivity (Wildman–Crippen MR) is 108 cm³/mol. The average molecular weight is 380 g/mol. The second-order valence-corrected chi connectivity index (χ2v) is 6.86. The van der Waals surface area contributed by atoms with E-state index in [4.69, 9.17) is 11.6 Å². The number of hydrogen-bond acceptors (Lipinski definition) is 4. The van der Waals surface area contributed by atoms with Crippen LogP contribution in [0.5, 0.6) is 0 Å². The summed E-state index contributed by atoms with van der Waals surface area (Å²) in [5.74, 6) is 0.687. The van der Waals surface area contributed by atoms with Crippen LogP contribution in [0.15, 0.2) is 59.7 Å². The molecular weight excluding hydrogens is 362 g/mol. The molecule has 3 heterocycles. The summed E-state index contributed by atoms with van der Waals surface area (Å²) in [6.45, 7) is 1.93. The minimum atomic E-state index is -0.230. The van der Waals surface area contributed by atoms with Crippen molar-refractivity contribution in [3.05, 3.63) is 75.8 Å². The van der Waals surface area contributed by atoms with Gasteiger partial charge in [0.2, 0.25) is 0 Å². The van der Waals surface area contributed by atoms with E-state index in [9.17, 15) is 4.79 Å². The molecule has 0 saturated carbocycles. The zero-order valence-electron chi connectivity index (χ0n) is 14.9. The number of aromatic nitrogens is 4. The molecule has 0 aliphatic carbocycles. The third-order valence-electron chi connectivity index (χ3n) is 4.54. The molecule has 0 bridgehead atoms. The van der Waals surface area contributed by atoms with E-state index < -0.39 is 0 Å². The average Bonchev–Trinajstić information content (AvgIpc) is 3.07. The highest BCUT2D eigenvalue weighted by molar-refractivity contribution is 6.31. The Balaban J connectivity index is 1.65. The number of pyridine rings is 2. The van der Waals surface area contributed by atoms with Crippen LogP contribution in [-0.4, -0.2) is 19.7 Å².